The number of rotatable bonds is 14. The maximum absolute atomic E-state index is 11.4. The van der Waals surface area contributed by atoms with E-state index >= 15 is 0 Å². The lowest BCUT2D eigenvalue weighted by Gasteiger charge is -2.15. The van der Waals surface area contributed by atoms with Crippen molar-refractivity contribution in [3.8, 4) is 0 Å². The van der Waals surface area contributed by atoms with Gasteiger partial charge >= 0.3 is 16.1 Å². The zero-order valence-corrected chi connectivity index (χ0v) is 18.5. The molecule has 0 N–H and O–H groups in total. The molecule has 0 amide bonds. The summed E-state index contributed by atoms with van der Waals surface area (Å²) in [6.45, 7) is 11.1. The van der Waals surface area contributed by atoms with Crippen LogP contribution in [0, 0.1) is 17.8 Å². The van der Waals surface area contributed by atoms with Gasteiger partial charge in [-0.25, -0.2) is 4.79 Å². The molecule has 0 aromatic rings. The number of hydrogen-bond donors (Lipinski definition) is 0. The van der Waals surface area contributed by atoms with Gasteiger partial charge in [0.2, 0.25) is 0 Å². The minimum absolute atomic E-state index is 0.689. The van der Waals surface area contributed by atoms with Crippen molar-refractivity contribution in [3.05, 3.63) is 11.6 Å². The summed E-state index contributed by atoms with van der Waals surface area (Å²) in [4.78, 5) is 11.4. The molecule has 2 atom stereocenters. The van der Waals surface area contributed by atoms with Crippen LogP contribution in [0.4, 0.5) is 0 Å². The summed E-state index contributed by atoms with van der Waals surface area (Å²) in [6, 6.07) is 0. The third-order valence-electron chi connectivity index (χ3n) is 4.74. The second-order valence-corrected chi connectivity index (χ2v) is 10.0. The molecule has 0 spiro atoms. The van der Waals surface area contributed by atoms with Crippen LogP contribution in [-0.4, -0.2) is 20.6 Å². The lowest BCUT2D eigenvalue weighted by Crippen LogP contribution is -2.09. The summed E-state index contributed by atoms with van der Waals surface area (Å²) in [5.74, 6) is 1.53. The van der Waals surface area contributed by atoms with Crippen LogP contribution in [0.15, 0.2) is 11.6 Å². The predicted octanol–water partition coefficient (Wildman–Crippen LogP) is 5.87. The fourth-order valence-electron chi connectivity index (χ4n) is 3.15. The van der Waals surface area contributed by atoms with E-state index in [0.717, 1.165) is 42.9 Å². The van der Waals surface area contributed by atoms with Gasteiger partial charge in [-0.3, -0.25) is 0 Å². The highest BCUT2D eigenvalue weighted by molar-refractivity contribution is 7.86. The first-order valence-corrected chi connectivity index (χ1v) is 11.9. The van der Waals surface area contributed by atoms with Crippen molar-refractivity contribution in [1.29, 1.82) is 0 Å². The van der Waals surface area contributed by atoms with E-state index in [4.69, 9.17) is 0 Å². The minimum atomic E-state index is -3.72. The molecule has 0 saturated carbocycles. The molecule has 154 valence electrons. The summed E-state index contributed by atoms with van der Waals surface area (Å²) >= 11 is 0. The monoisotopic (exact) mass is 388 g/mol. The third kappa shape index (κ3) is 16.6. The Hall–Kier alpha value is -0.840. The maximum atomic E-state index is 11.4. The smallest absolute Gasteiger partial charge is 0.342 e. The van der Waals surface area contributed by atoms with E-state index in [9.17, 15) is 13.2 Å². The van der Waals surface area contributed by atoms with E-state index in [-0.39, 0.29) is 0 Å². The SMILES string of the molecule is C/C(=C\C(=O)OS(C)(=O)=O)CCC[C@H](C)CCC[C@H](C)CCCC(C)C. The van der Waals surface area contributed by atoms with Gasteiger partial charge in [0.15, 0.2) is 0 Å². The molecule has 26 heavy (non-hydrogen) atoms. The van der Waals surface area contributed by atoms with Gasteiger partial charge in [0, 0.05) is 6.08 Å². The molecule has 0 aromatic heterocycles. The number of hydrogen-bond acceptors (Lipinski definition) is 4. The summed E-state index contributed by atoms with van der Waals surface area (Å²) < 4.78 is 26.1. The summed E-state index contributed by atoms with van der Waals surface area (Å²) in [7, 11) is -3.72. The molecule has 0 aliphatic rings. The minimum Gasteiger partial charge on any atom is -0.342 e. The first-order valence-electron chi connectivity index (χ1n) is 10.1. The van der Waals surface area contributed by atoms with Gasteiger partial charge in [-0.15, -0.1) is 0 Å². The summed E-state index contributed by atoms with van der Waals surface area (Å²) in [5, 5.41) is 0. The summed E-state index contributed by atoms with van der Waals surface area (Å²) in [6.07, 6.45) is 13.0. The molecule has 0 saturated heterocycles. The average Bonchev–Trinajstić information content (AvgIpc) is 2.44. The second-order valence-electron chi connectivity index (χ2n) is 8.46. The van der Waals surface area contributed by atoms with Crippen LogP contribution in [0.3, 0.4) is 0 Å². The molecule has 0 unspecified atom stereocenters. The molecule has 0 heterocycles. The van der Waals surface area contributed by atoms with Crippen molar-refractivity contribution in [2.75, 3.05) is 6.26 Å². The average molecular weight is 389 g/mol. The molecule has 4 nitrogen and oxygen atoms in total. The van der Waals surface area contributed by atoms with Crippen molar-refractivity contribution in [2.45, 2.75) is 92.4 Å². The molecule has 0 bridgehead atoms. The molecule has 0 radical (unpaired) electrons. The highest BCUT2D eigenvalue weighted by atomic mass is 32.2. The first kappa shape index (κ1) is 25.2. The van der Waals surface area contributed by atoms with E-state index in [1.807, 2.05) is 6.92 Å². The van der Waals surface area contributed by atoms with Gasteiger partial charge in [-0.05, 0) is 37.5 Å². The standard InChI is InChI=1S/C21H40O4S/c1-17(2)10-7-11-18(3)12-8-13-19(4)14-9-15-20(5)16-21(22)25-26(6,23)24/h16-19H,7-15H2,1-6H3/b20-16+/t18-,19-/m1/s1. The zero-order valence-electron chi connectivity index (χ0n) is 17.7. The largest absolute Gasteiger partial charge is 0.346 e. The van der Waals surface area contributed by atoms with Crippen LogP contribution in [0.2, 0.25) is 0 Å². The van der Waals surface area contributed by atoms with E-state index < -0.39 is 16.1 Å². The van der Waals surface area contributed by atoms with E-state index in [0.29, 0.717) is 5.92 Å². The van der Waals surface area contributed by atoms with Crippen molar-refractivity contribution in [1.82, 2.24) is 0 Å². The fraction of sp³-hybridized carbons (Fsp3) is 0.857. The van der Waals surface area contributed by atoms with Crippen LogP contribution in [0.25, 0.3) is 0 Å². The topological polar surface area (TPSA) is 60.4 Å². The van der Waals surface area contributed by atoms with Gasteiger partial charge in [0.1, 0.15) is 0 Å². The number of carbonyl (C=O) groups is 1. The Morgan fingerprint density at radius 2 is 1.35 bits per heavy atom. The Bertz CT molecular complexity index is 520. The fourth-order valence-corrected chi connectivity index (χ4v) is 3.50. The van der Waals surface area contributed by atoms with Crippen molar-refractivity contribution in [3.63, 3.8) is 0 Å². The lowest BCUT2D eigenvalue weighted by molar-refractivity contribution is -0.128. The molecular formula is C21H40O4S. The Morgan fingerprint density at radius 1 is 0.885 bits per heavy atom. The maximum Gasteiger partial charge on any atom is 0.346 e. The predicted molar refractivity (Wildman–Crippen MR) is 109 cm³/mol. The Kier molecular flexibility index (Phi) is 12.9. The Morgan fingerprint density at radius 3 is 1.81 bits per heavy atom. The molecule has 0 rings (SSSR count). The van der Waals surface area contributed by atoms with Gasteiger partial charge in [-0.2, -0.15) is 8.42 Å². The zero-order chi connectivity index (χ0) is 20.2. The van der Waals surface area contributed by atoms with Crippen molar-refractivity contribution >= 4 is 16.1 Å². The van der Waals surface area contributed by atoms with Gasteiger partial charge in [-0.1, -0.05) is 78.2 Å². The van der Waals surface area contributed by atoms with Crippen LogP contribution in [0.1, 0.15) is 92.4 Å². The Labute approximate surface area is 161 Å². The van der Waals surface area contributed by atoms with Gasteiger partial charge in [0.25, 0.3) is 0 Å². The number of allylic oxidation sites excluding steroid dienone is 1. The van der Waals surface area contributed by atoms with Crippen molar-refractivity contribution < 1.29 is 17.4 Å². The molecule has 0 aliphatic carbocycles. The molecular weight excluding hydrogens is 348 g/mol. The Balaban J connectivity index is 3.85. The third-order valence-corrected chi connectivity index (χ3v) is 5.21. The van der Waals surface area contributed by atoms with Crippen LogP contribution in [-0.2, 0) is 19.1 Å². The molecule has 0 fully saturated rings. The molecule has 5 heteroatoms. The van der Waals surface area contributed by atoms with Crippen LogP contribution in [0.5, 0.6) is 0 Å². The van der Waals surface area contributed by atoms with E-state index in [1.54, 1.807) is 0 Å². The normalized spacial score (nSPS) is 15.1. The molecule has 0 aliphatic heterocycles. The quantitative estimate of drug-likeness (QED) is 0.275. The van der Waals surface area contributed by atoms with Crippen molar-refractivity contribution in [2.24, 2.45) is 17.8 Å². The van der Waals surface area contributed by atoms with E-state index in [2.05, 4.69) is 31.9 Å². The van der Waals surface area contributed by atoms with Gasteiger partial charge < -0.3 is 4.18 Å². The highest BCUT2D eigenvalue weighted by Crippen LogP contribution is 2.22. The second kappa shape index (κ2) is 13.3. The first-order chi connectivity index (χ1) is 12.0. The molecule has 0 aromatic carbocycles. The van der Waals surface area contributed by atoms with E-state index in [1.165, 1.54) is 44.6 Å². The lowest BCUT2D eigenvalue weighted by atomic mass is 9.91. The number of carbonyl (C=O) groups excluding carboxylic acids is 1. The van der Waals surface area contributed by atoms with Crippen LogP contribution < -0.4 is 0 Å². The van der Waals surface area contributed by atoms with Gasteiger partial charge in [0.05, 0.1) is 6.26 Å². The van der Waals surface area contributed by atoms with Crippen LogP contribution >= 0.6 is 0 Å². The highest BCUT2D eigenvalue weighted by Gasteiger charge is 2.09. The summed E-state index contributed by atoms with van der Waals surface area (Å²) in [5.41, 5.74) is 0.865.